The number of nitrogens with zero attached hydrogens (tertiary/aromatic N) is 2. The molecule has 2 aromatic carbocycles. The number of likely N-dealkylation sites (N-methyl/N-ethyl adjacent to an activating group) is 1. The Morgan fingerprint density at radius 1 is 1.21 bits per heavy atom. The highest BCUT2D eigenvalue weighted by atomic mass is 19.1. The number of ether oxygens (including phenoxy) is 2. The first kappa shape index (κ1) is 20.1. The van der Waals surface area contributed by atoms with E-state index >= 15 is 0 Å². The molecule has 0 aliphatic carbocycles. The molecule has 1 heterocycles. The van der Waals surface area contributed by atoms with Crippen molar-refractivity contribution in [1.29, 1.82) is 0 Å². The van der Waals surface area contributed by atoms with E-state index in [1.54, 1.807) is 20.3 Å². The second-order valence-corrected chi connectivity index (χ2v) is 7.16. The lowest BCUT2D eigenvalue weighted by Crippen LogP contribution is -2.38. The van der Waals surface area contributed by atoms with Gasteiger partial charge in [0.2, 0.25) is 5.91 Å². The average molecular weight is 386 g/mol. The lowest BCUT2D eigenvalue weighted by molar-refractivity contribution is -0.133. The fraction of sp³-hybridized carbons (Fsp3) is 0.409. The largest absolute Gasteiger partial charge is 0.497 e. The second-order valence-electron chi connectivity index (χ2n) is 7.16. The molecule has 0 bridgehead atoms. The van der Waals surface area contributed by atoms with Crippen molar-refractivity contribution in [3.63, 3.8) is 0 Å². The number of carbonyl (C=O) groups is 1. The van der Waals surface area contributed by atoms with Gasteiger partial charge in [-0.1, -0.05) is 12.1 Å². The van der Waals surface area contributed by atoms with Gasteiger partial charge < -0.3 is 14.4 Å². The summed E-state index contributed by atoms with van der Waals surface area (Å²) in [6, 6.07) is 12.2. The molecule has 3 rings (SSSR count). The van der Waals surface area contributed by atoms with Gasteiger partial charge in [-0.25, -0.2) is 4.39 Å². The van der Waals surface area contributed by atoms with E-state index < -0.39 is 0 Å². The van der Waals surface area contributed by atoms with Gasteiger partial charge in [0, 0.05) is 24.7 Å². The van der Waals surface area contributed by atoms with Crippen LogP contribution in [0.1, 0.15) is 30.0 Å². The zero-order valence-electron chi connectivity index (χ0n) is 16.7. The van der Waals surface area contributed by atoms with Crippen LogP contribution in [-0.2, 0) is 11.3 Å². The van der Waals surface area contributed by atoms with Crippen molar-refractivity contribution in [2.24, 2.45) is 0 Å². The highest BCUT2D eigenvalue weighted by molar-refractivity contribution is 5.79. The van der Waals surface area contributed by atoms with Crippen LogP contribution in [0.15, 0.2) is 42.5 Å². The van der Waals surface area contributed by atoms with E-state index in [4.69, 9.17) is 9.47 Å². The molecule has 1 atom stereocenters. The van der Waals surface area contributed by atoms with E-state index in [2.05, 4.69) is 0 Å². The average Bonchev–Trinajstić information content (AvgIpc) is 3.17. The number of hydrogen-bond donors (Lipinski definition) is 0. The van der Waals surface area contributed by atoms with E-state index in [-0.39, 0.29) is 24.3 Å². The lowest BCUT2D eigenvalue weighted by atomic mass is 10.0. The fourth-order valence-corrected chi connectivity index (χ4v) is 3.81. The molecule has 2 aromatic rings. The van der Waals surface area contributed by atoms with Crippen LogP contribution >= 0.6 is 0 Å². The zero-order chi connectivity index (χ0) is 20.1. The highest BCUT2D eigenvalue weighted by Gasteiger charge is 2.32. The van der Waals surface area contributed by atoms with Gasteiger partial charge in [-0.2, -0.15) is 0 Å². The third-order valence-electron chi connectivity index (χ3n) is 5.12. The van der Waals surface area contributed by atoms with Gasteiger partial charge in [0.25, 0.3) is 0 Å². The summed E-state index contributed by atoms with van der Waals surface area (Å²) in [6.07, 6.45) is 1.86. The summed E-state index contributed by atoms with van der Waals surface area (Å²) in [5.74, 6) is 1.27. The Bertz CT molecular complexity index is 827. The molecule has 1 amide bonds. The number of hydrogen-bond acceptors (Lipinski definition) is 4. The maximum atomic E-state index is 13.4. The predicted molar refractivity (Wildman–Crippen MR) is 106 cm³/mol. The molecule has 0 aromatic heterocycles. The molecule has 1 fully saturated rings. The molecule has 0 spiro atoms. The Morgan fingerprint density at radius 3 is 2.75 bits per heavy atom. The summed E-state index contributed by atoms with van der Waals surface area (Å²) < 4.78 is 24.2. The van der Waals surface area contributed by atoms with Gasteiger partial charge in [-0.3, -0.25) is 9.69 Å². The normalized spacial score (nSPS) is 16.5. The van der Waals surface area contributed by atoms with E-state index in [1.807, 2.05) is 41.1 Å². The molecular formula is C22H27FN2O3. The second kappa shape index (κ2) is 9.06. The standard InChI is InChI=1S/C22H27FN2O3/c1-24(14-16-6-4-7-17(23)12-16)15-22(26)25-11-5-8-20(25)19-10-9-18(27-2)13-21(19)28-3/h4,6-7,9-10,12-13,20H,5,8,11,14-15H2,1-3H3. The van der Waals surface area contributed by atoms with Crippen LogP contribution in [0.4, 0.5) is 4.39 Å². The van der Waals surface area contributed by atoms with Gasteiger partial charge in [0.1, 0.15) is 17.3 Å². The summed E-state index contributed by atoms with van der Waals surface area (Å²) in [6.45, 7) is 1.53. The predicted octanol–water partition coefficient (Wildman–Crippen LogP) is 3.64. The lowest BCUT2D eigenvalue weighted by Gasteiger charge is -2.28. The Morgan fingerprint density at radius 2 is 2.04 bits per heavy atom. The minimum Gasteiger partial charge on any atom is -0.497 e. The maximum absolute atomic E-state index is 13.4. The first-order valence-electron chi connectivity index (χ1n) is 9.46. The number of amides is 1. The van der Waals surface area contributed by atoms with E-state index in [9.17, 15) is 9.18 Å². The SMILES string of the molecule is COc1ccc(C2CCCN2C(=O)CN(C)Cc2cccc(F)c2)c(OC)c1. The molecule has 0 saturated carbocycles. The molecule has 5 nitrogen and oxygen atoms in total. The van der Waals surface area contributed by atoms with Gasteiger partial charge in [0.05, 0.1) is 26.8 Å². The number of carbonyl (C=O) groups excluding carboxylic acids is 1. The summed E-state index contributed by atoms with van der Waals surface area (Å²) in [5.41, 5.74) is 1.85. The van der Waals surface area contributed by atoms with Crippen molar-refractivity contribution in [3.8, 4) is 11.5 Å². The maximum Gasteiger partial charge on any atom is 0.237 e. The van der Waals surface area contributed by atoms with Crippen molar-refractivity contribution in [3.05, 3.63) is 59.4 Å². The van der Waals surface area contributed by atoms with Crippen molar-refractivity contribution < 1.29 is 18.7 Å². The number of methoxy groups -OCH3 is 2. The summed E-state index contributed by atoms with van der Waals surface area (Å²) in [4.78, 5) is 16.8. The molecule has 0 radical (unpaired) electrons. The first-order valence-corrected chi connectivity index (χ1v) is 9.46. The molecule has 6 heteroatoms. The minimum atomic E-state index is -0.261. The smallest absolute Gasteiger partial charge is 0.237 e. The molecule has 28 heavy (non-hydrogen) atoms. The molecule has 1 saturated heterocycles. The first-order chi connectivity index (χ1) is 13.5. The third-order valence-corrected chi connectivity index (χ3v) is 5.12. The number of likely N-dealkylation sites (tertiary alicyclic amines) is 1. The zero-order valence-corrected chi connectivity index (χ0v) is 16.7. The van der Waals surface area contributed by atoms with Crippen molar-refractivity contribution in [2.45, 2.75) is 25.4 Å². The van der Waals surface area contributed by atoms with Gasteiger partial charge in [-0.05, 0) is 49.7 Å². The van der Waals surface area contributed by atoms with Crippen LogP contribution in [0, 0.1) is 5.82 Å². The van der Waals surface area contributed by atoms with Gasteiger partial charge in [-0.15, -0.1) is 0 Å². The Balaban J connectivity index is 1.69. The molecular weight excluding hydrogens is 359 g/mol. The number of benzene rings is 2. The van der Waals surface area contributed by atoms with Crippen LogP contribution < -0.4 is 9.47 Å². The summed E-state index contributed by atoms with van der Waals surface area (Å²) in [5, 5.41) is 0. The number of rotatable bonds is 7. The van der Waals surface area contributed by atoms with Gasteiger partial charge >= 0.3 is 0 Å². The third kappa shape index (κ3) is 4.62. The van der Waals surface area contributed by atoms with Crippen LogP contribution in [-0.4, -0.2) is 50.1 Å². The minimum absolute atomic E-state index is 0.00377. The van der Waals surface area contributed by atoms with Crippen LogP contribution in [0.25, 0.3) is 0 Å². The quantitative estimate of drug-likeness (QED) is 0.729. The topological polar surface area (TPSA) is 42.0 Å². The summed E-state index contributed by atoms with van der Waals surface area (Å²) >= 11 is 0. The Labute approximate surface area is 165 Å². The van der Waals surface area contributed by atoms with Gasteiger partial charge in [0.15, 0.2) is 0 Å². The van der Waals surface area contributed by atoms with E-state index in [0.717, 1.165) is 42.0 Å². The Kier molecular flexibility index (Phi) is 6.52. The molecule has 1 aliphatic rings. The van der Waals surface area contributed by atoms with E-state index in [0.29, 0.717) is 6.54 Å². The molecule has 0 N–H and O–H groups in total. The van der Waals surface area contributed by atoms with Crippen molar-refractivity contribution in [1.82, 2.24) is 9.80 Å². The monoisotopic (exact) mass is 386 g/mol. The van der Waals surface area contributed by atoms with Crippen LogP contribution in [0.2, 0.25) is 0 Å². The molecule has 1 unspecified atom stereocenters. The molecule has 150 valence electrons. The summed E-state index contributed by atoms with van der Waals surface area (Å²) in [7, 11) is 5.13. The van der Waals surface area contributed by atoms with Crippen LogP contribution in [0.3, 0.4) is 0 Å². The van der Waals surface area contributed by atoms with Crippen molar-refractivity contribution >= 4 is 5.91 Å². The van der Waals surface area contributed by atoms with Crippen LogP contribution in [0.5, 0.6) is 11.5 Å². The molecule has 1 aliphatic heterocycles. The fourth-order valence-electron chi connectivity index (χ4n) is 3.81. The number of halogens is 1. The highest BCUT2D eigenvalue weighted by Crippen LogP contribution is 2.38. The van der Waals surface area contributed by atoms with Crippen molar-refractivity contribution in [2.75, 3.05) is 34.4 Å². The Hall–Kier alpha value is -2.60. The van der Waals surface area contributed by atoms with E-state index in [1.165, 1.54) is 12.1 Å².